The number of amides is 1. The number of halogens is 2. The Balaban J connectivity index is 0.00000144. The van der Waals surface area contributed by atoms with Gasteiger partial charge in [-0.2, -0.15) is 0 Å². The molecule has 0 spiro atoms. The minimum absolute atomic E-state index is 0. The summed E-state index contributed by atoms with van der Waals surface area (Å²) in [5.41, 5.74) is 0.339. The molecule has 1 aromatic rings. The summed E-state index contributed by atoms with van der Waals surface area (Å²) in [4.78, 5) is 19.2. The molecule has 3 heterocycles. The Hall–Kier alpha value is -1.08. The number of anilines is 2. The molecule has 0 aromatic carbocycles. The molecule has 2 fully saturated rings. The van der Waals surface area contributed by atoms with E-state index in [-0.39, 0.29) is 30.7 Å². The zero-order valence-electron chi connectivity index (χ0n) is 13.9. The molecule has 1 unspecified atom stereocenters. The molecule has 0 bridgehead atoms. The summed E-state index contributed by atoms with van der Waals surface area (Å²) in [6.45, 7) is 6.17. The molecule has 6 nitrogen and oxygen atoms in total. The summed E-state index contributed by atoms with van der Waals surface area (Å²) in [6, 6.07) is 3.88. The number of nitrogens with one attached hydrogen (secondary N) is 2. The first-order valence-corrected chi connectivity index (χ1v) is 8.09. The summed E-state index contributed by atoms with van der Waals surface area (Å²) in [5.74, 6) is 0.985. The van der Waals surface area contributed by atoms with Crippen molar-refractivity contribution >= 4 is 42.2 Å². The molecule has 1 amide bonds. The van der Waals surface area contributed by atoms with Crippen molar-refractivity contribution in [1.82, 2.24) is 10.3 Å². The molecule has 0 aliphatic carbocycles. The van der Waals surface area contributed by atoms with Gasteiger partial charge < -0.3 is 20.3 Å². The van der Waals surface area contributed by atoms with Gasteiger partial charge in [0.1, 0.15) is 5.82 Å². The predicted molar refractivity (Wildman–Crippen MR) is 101 cm³/mol. The first-order valence-electron chi connectivity index (χ1n) is 8.09. The van der Waals surface area contributed by atoms with Gasteiger partial charge in [0.15, 0.2) is 0 Å². The fraction of sp³-hybridized carbons (Fsp3) is 0.625. The zero-order valence-corrected chi connectivity index (χ0v) is 15.5. The van der Waals surface area contributed by atoms with E-state index in [1.807, 2.05) is 12.1 Å². The van der Waals surface area contributed by atoms with Crippen molar-refractivity contribution in [3.05, 3.63) is 18.3 Å². The van der Waals surface area contributed by atoms with Gasteiger partial charge in [0.05, 0.1) is 30.6 Å². The van der Waals surface area contributed by atoms with Crippen molar-refractivity contribution in [1.29, 1.82) is 0 Å². The third kappa shape index (κ3) is 4.51. The monoisotopic (exact) mass is 376 g/mol. The van der Waals surface area contributed by atoms with E-state index >= 15 is 0 Å². The predicted octanol–water partition coefficient (Wildman–Crippen LogP) is 2.23. The number of nitrogens with zero attached hydrogens (tertiary/aromatic N) is 2. The van der Waals surface area contributed by atoms with Crippen molar-refractivity contribution in [2.45, 2.75) is 31.7 Å². The lowest BCUT2D eigenvalue weighted by molar-refractivity contribution is -0.122. The average molecular weight is 377 g/mol. The molecule has 8 heteroatoms. The third-order valence-corrected chi connectivity index (χ3v) is 4.62. The number of carbonyl (C=O) groups excluding carboxylic acids is 1. The first kappa shape index (κ1) is 21.0. The number of hydrogen-bond acceptors (Lipinski definition) is 5. The Labute approximate surface area is 155 Å². The highest BCUT2D eigenvalue weighted by molar-refractivity contribution is 5.98. The Morgan fingerprint density at radius 3 is 2.67 bits per heavy atom. The lowest BCUT2D eigenvalue weighted by Gasteiger charge is -2.28. The molecule has 2 aliphatic rings. The molecule has 3 rings (SSSR count). The Morgan fingerprint density at radius 2 is 2.12 bits per heavy atom. The van der Waals surface area contributed by atoms with Gasteiger partial charge in [0.2, 0.25) is 5.91 Å². The third-order valence-electron chi connectivity index (χ3n) is 4.62. The van der Waals surface area contributed by atoms with E-state index in [0.29, 0.717) is 0 Å². The molecular weight excluding hydrogens is 351 g/mol. The van der Waals surface area contributed by atoms with Crippen LogP contribution >= 0.6 is 24.8 Å². The zero-order chi connectivity index (χ0) is 15.4. The van der Waals surface area contributed by atoms with Crippen molar-refractivity contribution in [3.63, 3.8) is 0 Å². The largest absolute Gasteiger partial charge is 0.378 e. The number of rotatable bonds is 4. The second kappa shape index (κ2) is 9.42. The number of aromatic nitrogens is 1. The topological polar surface area (TPSA) is 66.5 Å². The van der Waals surface area contributed by atoms with E-state index in [2.05, 4.69) is 27.4 Å². The molecule has 2 saturated heterocycles. The molecule has 0 saturated carbocycles. The Kier molecular flexibility index (Phi) is 8.22. The van der Waals surface area contributed by atoms with E-state index in [4.69, 9.17) is 4.74 Å². The van der Waals surface area contributed by atoms with Crippen LogP contribution in [0.3, 0.4) is 0 Å². The van der Waals surface area contributed by atoms with Crippen molar-refractivity contribution < 1.29 is 9.53 Å². The highest BCUT2D eigenvalue weighted by Gasteiger charge is 2.39. The Morgan fingerprint density at radius 1 is 1.38 bits per heavy atom. The maximum absolute atomic E-state index is 12.5. The number of morpholine rings is 1. The van der Waals surface area contributed by atoms with Crippen molar-refractivity contribution in [3.8, 4) is 0 Å². The van der Waals surface area contributed by atoms with Crippen LogP contribution in [-0.4, -0.2) is 49.3 Å². The molecule has 1 atom stereocenters. The molecule has 136 valence electrons. The van der Waals surface area contributed by atoms with Gasteiger partial charge in [-0.25, -0.2) is 4.98 Å². The molecule has 0 radical (unpaired) electrons. The maximum atomic E-state index is 12.5. The van der Waals surface area contributed by atoms with Gasteiger partial charge in [-0.05, 0) is 37.9 Å². The van der Waals surface area contributed by atoms with E-state index in [9.17, 15) is 4.79 Å². The van der Waals surface area contributed by atoms with Gasteiger partial charge >= 0.3 is 0 Å². The summed E-state index contributed by atoms with van der Waals surface area (Å²) in [7, 11) is 0. The quantitative estimate of drug-likeness (QED) is 0.843. The van der Waals surface area contributed by atoms with E-state index < -0.39 is 5.54 Å². The maximum Gasteiger partial charge on any atom is 0.244 e. The number of ether oxygens (including phenoxy) is 1. The molecule has 1 aromatic heterocycles. The number of carbonyl (C=O) groups is 1. The van der Waals surface area contributed by atoms with Crippen LogP contribution in [0.25, 0.3) is 0 Å². The first-order chi connectivity index (χ1) is 10.7. The SMILES string of the molecule is CCC1(C(=O)Nc2ccc(N3CCOCC3)nc2)CCCN1.Cl.Cl. The number of pyridine rings is 1. The van der Waals surface area contributed by atoms with Crippen LogP contribution in [0.2, 0.25) is 0 Å². The van der Waals surface area contributed by atoms with Crippen LogP contribution in [0.5, 0.6) is 0 Å². The number of hydrogen-bond donors (Lipinski definition) is 2. The minimum Gasteiger partial charge on any atom is -0.378 e. The average Bonchev–Trinajstić information content (AvgIpc) is 3.07. The summed E-state index contributed by atoms with van der Waals surface area (Å²) < 4.78 is 5.34. The van der Waals surface area contributed by atoms with Crippen LogP contribution in [0, 0.1) is 0 Å². The van der Waals surface area contributed by atoms with Crippen LogP contribution < -0.4 is 15.5 Å². The van der Waals surface area contributed by atoms with Gasteiger partial charge in [-0.15, -0.1) is 24.8 Å². The van der Waals surface area contributed by atoms with Crippen LogP contribution in [0.15, 0.2) is 18.3 Å². The van der Waals surface area contributed by atoms with Gasteiger partial charge in [0, 0.05) is 13.1 Å². The van der Waals surface area contributed by atoms with Crippen LogP contribution in [-0.2, 0) is 9.53 Å². The summed E-state index contributed by atoms with van der Waals surface area (Å²) in [6.07, 6.45) is 4.49. The van der Waals surface area contributed by atoms with Gasteiger partial charge in [-0.3, -0.25) is 4.79 Å². The smallest absolute Gasteiger partial charge is 0.244 e. The second-order valence-corrected chi connectivity index (χ2v) is 5.92. The van der Waals surface area contributed by atoms with E-state index in [1.54, 1.807) is 6.20 Å². The molecular formula is C16H26Cl2N4O2. The molecule has 24 heavy (non-hydrogen) atoms. The van der Waals surface area contributed by atoms with E-state index in [1.165, 1.54) is 0 Å². The van der Waals surface area contributed by atoms with Crippen molar-refractivity contribution in [2.75, 3.05) is 43.1 Å². The molecule has 2 aliphatic heterocycles. The van der Waals surface area contributed by atoms with Crippen LogP contribution in [0.1, 0.15) is 26.2 Å². The van der Waals surface area contributed by atoms with E-state index in [0.717, 1.165) is 63.6 Å². The lowest BCUT2D eigenvalue weighted by atomic mass is 9.93. The molecule has 2 N–H and O–H groups in total. The second-order valence-electron chi connectivity index (χ2n) is 5.92. The van der Waals surface area contributed by atoms with Crippen LogP contribution in [0.4, 0.5) is 11.5 Å². The summed E-state index contributed by atoms with van der Waals surface area (Å²) in [5, 5.41) is 6.35. The lowest BCUT2D eigenvalue weighted by Crippen LogP contribution is -2.50. The van der Waals surface area contributed by atoms with Gasteiger partial charge in [-0.1, -0.05) is 6.92 Å². The highest BCUT2D eigenvalue weighted by Crippen LogP contribution is 2.25. The van der Waals surface area contributed by atoms with Crippen molar-refractivity contribution in [2.24, 2.45) is 0 Å². The standard InChI is InChI=1S/C16H24N4O2.2ClH/c1-2-16(6-3-7-18-16)15(21)19-13-4-5-14(17-12-13)20-8-10-22-11-9-20;;/h4-5,12,18H,2-3,6-11H2,1H3,(H,19,21);2*1H. The fourth-order valence-corrected chi connectivity index (χ4v) is 3.15. The van der Waals surface area contributed by atoms with Gasteiger partial charge in [0.25, 0.3) is 0 Å². The normalized spacial score (nSPS) is 23.1. The fourth-order valence-electron chi connectivity index (χ4n) is 3.15. The minimum atomic E-state index is -0.414. The highest BCUT2D eigenvalue weighted by atomic mass is 35.5. The Bertz CT molecular complexity index is 515. The summed E-state index contributed by atoms with van der Waals surface area (Å²) >= 11 is 0.